The zero-order valence-corrected chi connectivity index (χ0v) is 12.3. The molecule has 2 aromatic heterocycles. The normalized spacial score (nSPS) is 15.5. The summed E-state index contributed by atoms with van der Waals surface area (Å²) in [5.74, 6) is -0.227. The van der Waals surface area contributed by atoms with E-state index in [-0.39, 0.29) is 11.6 Å². The molecule has 1 amide bonds. The predicted molar refractivity (Wildman–Crippen MR) is 83.1 cm³/mol. The van der Waals surface area contributed by atoms with E-state index in [1.54, 1.807) is 41.2 Å². The van der Waals surface area contributed by atoms with Crippen molar-refractivity contribution in [1.29, 1.82) is 0 Å². The van der Waals surface area contributed by atoms with Crippen LogP contribution in [0.2, 0.25) is 5.15 Å². The number of hydrogen-bond donors (Lipinski definition) is 1. The van der Waals surface area contributed by atoms with Crippen molar-refractivity contribution in [2.75, 3.05) is 11.4 Å². The lowest BCUT2D eigenvalue weighted by Crippen LogP contribution is -2.27. The van der Waals surface area contributed by atoms with E-state index >= 15 is 0 Å². The van der Waals surface area contributed by atoms with Crippen molar-refractivity contribution < 1.29 is 4.79 Å². The van der Waals surface area contributed by atoms with Crippen LogP contribution in [0, 0.1) is 0 Å². The van der Waals surface area contributed by atoms with Gasteiger partial charge in [-0.2, -0.15) is 0 Å². The quantitative estimate of drug-likeness (QED) is 0.694. The van der Waals surface area contributed by atoms with Crippen molar-refractivity contribution in [2.24, 2.45) is 10.7 Å². The Labute approximate surface area is 129 Å². The molecule has 0 fully saturated rings. The van der Waals surface area contributed by atoms with Crippen LogP contribution >= 0.6 is 22.9 Å². The molecule has 0 aromatic carbocycles. The summed E-state index contributed by atoms with van der Waals surface area (Å²) in [6, 6.07) is 3.38. The summed E-state index contributed by atoms with van der Waals surface area (Å²) in [6.45, 7) is 0.386. The molecule has 21 heavy (non-hydrogen) atoms. The molecule has 0 aliphatic carbocycles. The van der Waals surface area contributed by atoms with Gasteiger partial charge >= 0.3 is 0 Å². The molecule has 0 saturated heterocycles. The fraction of sp³-hybridized carbons (Fsp3) is 0.0769. The lowest BCUT2D eigenvalue weighted by atomic mass is 10.2. The number of anilines is 1. The molecular weight excluding hydrogens is 310 g/mol. The Morgan fingerprint density at radius 2 is 2.29 bits per heavy atom. The van der Waals surface area contributed by atoms with Crippen LogP contribution in [0.3, 0.4) is 0 Å². The smallest absolute Gasteiger partial charge is 0.275 e. The van der Waals surface area contributed by atoms with Gasteiger partial charge in [-0.1, -0.05) is 11.6 Å². The summed E-state index contributed by atoms with van der Waals surface area (Å²) < 4.78 is 0. The van der Waals surface area contributed by atoms with Gasteiger partial charge in [-0.3, -0.25) is 19.7 Å². The van der Waals surface area contributed by atoms with E-state index in [9.17, 15) is 4.79 Å². The first-order valence-corrected chi connectivity index (χ1v) is 7.25. The minimum Gasteiger partial charge on any atom is -0.394 e. The van der Waals surface area contributed by atoms with Gasteiger partial charge in [0, 0.05) is 11.8 Å². The van der Waals surface area contributed by atoms with Gasteiger partial charge in [0.1, 0.15) is 15.9 Å². The minimum absolute atomic E-state index is 0.203. The van der Waals surface area contributed by atoms with Crippen LogP contribution in [-0.4, -0.2) is 28.6 Å². The summed E-state index contributed by atoms with van der Waals surface area (Å²) >= 11 is 7.10. The molecule has 1 aliphatic rings. The molecule has 2 N–H and O–H groups in total. The molecule has 2 aromatic rings. The molecule has 3 heterocycles. The average Bonchev–Trinajstić information content (AvgIpc) is 3.10. The lowest BCUT2D eigenvalue weighted by Gasteiger charge is -2.12. The fourth-order valence-corrected chi connectivity index (χ4v) is 2.58. The highest BCUT2D eigenvalue weighted by atomic mass is 35.5. The highest BCUT2D eigenvalue weighted by Crippen LogP contribution is 2.26. The van der Waals surface area contributed by atoms with E-state index in [0.717, 1.165) is 5.00 Å². The average molecular weight is 320 g/mol. The van der Waals surface area contributed by atoms with E-state index in [1.807, 2.05) is 0 Å². The zero-order chi connectivity index (χ0) is 14.8. The first-order chi connectivity index (χ1) is 10.1. The third-order valence-corrected chi connectivity index (χ3v) is 3.93. The molecule has 106 valence electrons. The number of aliphatic imine (C=N–C) groups is 1. The van der Waals surface area contributed by atoms with Gasteiger partial charge < -0.3 is 5.73 Å². The second kappa shape index (κ2) is 5.63. The molecule has 0 unspecified atom stereocenters. The second-order valence-corrected chi connectivity index (χ2v) is 5.52. The van der Waals surface area contributed by atoms with Gasteiger partial charge in [-0.25, -0.2) is 4.98 Å². The number of hydrogen-bond acceptors (Lipinski definition) is 6. The molecule has 8 heteroatoms. The number of carbonyl (C=O) groups excluding carboxylic acids is 1. The highest BCUT2D eigenvalue weighted by Gasteiger charge is 2.29. The Balaban J connectivity index is 1.79. The molecule has 0 bridgehead atoms. The number of halogens is 1. The van der Waals surface area contributed by atoms with Gasteiger partial charge in [0.15, 0.2) is 0 Å². The standard InChI is InChI=1S/C13H10ClN5OS/c14-10-2-1-9(4-18-10)17-3-8-6-19(13(20)12(8)15)11-5-16-7-21-11/h1-5,7H,6,15H2. The monoisotopic (exact) mass is 319 g/mol. The van der Waals surface area contributed by atoms with Gasteiger partial charge in [0.2, 0.25) is 0 Å². The molecule has 0 saturated carbocycles. The zero-order valence-electron chi connectivity index (χ0n) is 10.7. The molecule has 0 radical (unpaired) electrons. The summed E-state index contributed by atoms with van der Waals surface area (Å²) in [5, 5.41) is 1.17. The Morgan fingerprint density at radius 1 is 1.43 bits per heavy atom. The maximum absolute atomic E-state index is 12.1. The van der Waals surface area contributed by atoms with Crippen molar-refractivity contribution in [2.45, 2.75) is 0 Å². The molecule has 3 rings (SSSR count). The Kier molecular flexibility index (Phi) is 3.68. The molecule has 6 nitrogen and oxygen atoms in total. The van der Waals surface area contributed by atoms with Gasteiger partial charge in [-0.15, -0.1) is 11.3 Å². The van der Waals surface area contributed by atoms with Crippen LogP contribution in [0.15, 0.2) is 46.3 Å². The van der Waals surface area contributed by atoms with Crippen LogP contribution in [-0.2, 0) is 4.79 Å². The van der Waals surface area contributed by atoms with E-state index in [0.29, 0.717) is 23.0 Å². The van der Waals surface area contributed by atoms with Gasteiger partial charge in [0.05, 0.1) is 30.1 Å². The van der Waals surface area contributed by atoms with Crippen molar-refractivity contribution >= 4 is 45.7 Å². The number of nitrogens with two attached hydrogens (primary N) is 1. The van der Waals surface area contributed by atoms with Crippen LogP contribution in [0.1, 0.15) is 0 Å². The maximum atomic E-state index is 12.1. The Hall–Kier alpha value is -2.25. The molecular formula is C13H10ClN5OS. The fourth-order valence-electron chi connectivity index (χ4n) is 1.84. The van der Waals surface area contributed by atoms with Crippen molar-refractivity contribution in [3.8, 4) is 0 Å². The van der Waals surface area contributed by atoms with Crippen LogP contribution in [0.25, 0.3) is 0 Å². The maximum Gasteiger partial charge on any atom is 0.275 e. The SMILES string of the molecule is NC1=C(C=Nc2ccc(Cl)nc2)CN(c2cncs2)C1=O. The molecule has 1 aliphatic heterocycles. The summed E-state index contributed by atoms with van der Waals surface area (Å²) in [4.78, 5) is 25.8. The minimum atomic E-state index is -0.227. The molecule has 0 atom stereocenters. The number of aromatic nitrogens is 2. The predicted octanol–water partition coefficient (Wildman–Crippen LogP) is 2.15. The third-order valence-electron chi connectivity index (χ3n) is 2.92. The summed E-state index contributed by atoms with van der Waals surface area (Å²) in [5.41, 5.74) is 9.04. The van der Waals surface area contributed by atoms with Crippen LogP contribution in [0.4, 0.5) is 10.7 Å². The van der Waals surface area contributed by atoms with Crippen molar-refractivity contribution in [1.82, 2.24) is 9.97 Å². The van der Waals surface area contributed by atoms with E-state index in [2.05, 4.69) is 15.0 Å². The first-order valence-electron chi connectivity index (χ1n) is 6.00. The second-order valence-electron chi connectivity index (χ2n) is 4.27. The van der Waals surface area contributed by atoms with Crippen LogP contribution in [0.5, 0.6) is 0 Å². The summed E-state index contributed by atoms with van der Waals surface area (Å²) in [6.07, 6.45) is 4.77. The van der Waals surface area contributed by atoms with Crippen LogP contribution < -0.4 is 10.6 Å². The number of amides is 1. The van der Waals surface area contributed by atoms with E-state index in [4.69, 9.17) is 17.3 Å². The summed E-state index contributed by atoms with van der Waals surface area (Å²) in [7, 11) is 0. The van der Waals surface area contributed by atoms with Gasteiger partial charge in [-0.05, 0) is 12.1 Å². The first kappa shape index (κ1) is 13.7. The van der Waals surface area contributed by atoms with Crippen molar-refractivity contribution in [3.05, 3.63) is 46.5 Å². The number of pyridine rings is 1. The van der Waals surface area contributed by atoms with E-state index in [1.165, 1.54) is 11.3 Å². The number of thiazole rings is 1. The van der Waals surface area contributed by atoms with Crippen molar-refractivity contribution in [3.63, 3.8) is 0 Å². The lowest BCUT2D eigenvalue weighted by molar-refractivity contribution is -0.114. The largest absolute Gasteiger partial charge is 0.394 e. The highest BCUT2D eigenvalue weighted by molar-refractivity contribution is 7.14. The number of nitrogens with zero attached hydrogens (tertiary/aromatic N) is 4. The Morgan fingerprint density at radius 3 is 2.95 bits per heavy atom. The number of rotatable bonds is 3. The van der Waals surface area contributed by atoms with E-state index < -0.39 is 0 Å². The topological polar surface area (TPSA) is 84.5 Å². The Bertz CT molecular complexity index is 724. The number of carbonyl (C=O) groups is 1. The third kappa shape index (κ3) is 2.79. The molecule has 0 spiro atoms. The van der Waals surface area contributed by atoms with Gasteiger partial charge in [0.25, 0.3) is 5.91 Å².